The molecule has 142 valence electrons. The summed E-state index contributed by atoms with van der Waals surface area (Å²) < 4.78 is 5.90. The molecule has 0 saturated carbocycles. The Labute approximate surface area is 164 Å². The maximum Gasteiger partial charge on any atom is 0.247 e. The molecule has 0 unspecified atom stereocenters. The van der Waals surface area contributed by atoms with Crippen LogP contribution in [0.2, 0.25) is 0 Å². The van der Waals surface area contributed by atoms with Crippen LogP contribution in [0, 0.1) is 5.41 Å². The second-order valence-corrected chi connectivity index (χ2v) is 7.83. The minimum Gasteiger partial charge on any atom is -0.475 e. The molecule has 0 aliphatic carbocycles. The average Bonchev–Trinajstić information content (AvgIpc) is 3.20. The predicted octanol–water partition coefficient (Wildman–Crippen LogP) is 4.47. The highest BCUT2D eigenvalue weighted by Crippen LogP contribution is 2.29. The van der Waals surface area contributed by atoms with Crippen molar-refractivity contribution in [3.63, 3.8) is 0 Å². The third-order valence-corrected chi connectivity index (χ3v) is 4.68. The van der Waals surface area contributed by atoms with E-state index < -0.39 is 0 Å². The van der Waals surface area contributed by atoms with Crippen LogP contribution in [0.25, 0.3) is 11.3 Å². The smallest absolute Gasteiger partial charge is 0.247 e. The number of anilines is 2. The van der Waals surface area contributed by atoms with Crippen LogP contribution in [0.3, 0.4) is 0 Å². The monoisotopic (exact) mass is 373 g/mol. The van der Waals surface area contributed by atoms with Crippen LogP contribution in [0.15, 0.2) is 65.8 Å². The van der Waals surface area contributed by atoms with Crippen molar-refractivity contribution in [1.29, 1.82) is 0 Å². The lowest BCUT2D eigenvalue weighted by atomic mass is 9.88. The fourth-order valence-corrected chi connectivity index (χ4v) is 2.97. The van der Waals surface area contributed by atoms with E-state index in [9.17, 15) is 0 Å². The van der Waals surface area contributed by atoms with Crippen LogP contribution in [0.4, 0.5) is 11.6 Å². The fourth-order valence-electron chi connectivity index (χ4n) is 2.97. The summed E-state index contributed by atoms with van der Waals surface area (Å²) in [6.45, 7) is 7.11. The maximum atomic E-state index is 5.90. The van der Waals surface area contributed by atoms with Gasteiger partial charge in [-0.25, -0.2) is 9.98 Å². The summed E-state index contributed by atoms with van der Waals surface area (Å²) in [7, 11) is 0. The van der Waals surface area contributed by atoms with Crippen LogP contribution in [-0.2, 0) is 4.74 Å². The van der Waals surface area contributed by atoms with Gasteiger partial charge in [0, 0.05) is 5.56 Å². The Morgan fingerprint density at radius 1 is 1.00 bits per heavy atom. The van der Waals surface area contributed by atoms with Gasteiger partial charge >= 0.3 is 0 Å². The van der Waals surface area contributed by atoms with Crippen LogP contribution < -0.4 is 5.32 Å². The molecule has 6 nitrogen and oxygen atoms in total. The van der Waals surface area contributed by atoms with Crippen molar-refractivity contribution >= 4 is 17.5 Å². The zero-order valence-electron chi connectivity index (χ0n) is 16.3. The van der Waals surface area contributed by atoms with Gasteiger partial charge in [-0.2, -0.15) is 5.10 Å². The summed E-state index contributed by atoms with van der Waals surface area (Å²) in [5.74, 6) is 1.08. The first-order chi connectivity index (χ1) is 13.5. The average molecular weight is 373 g/mol. The summed E-state index contributed by atoms with van der Waals surface area (Å²) in [6.07, 6.45) is 1.66. The molecule has 6 heteroatoms. The Kier molecular flexibility index (Phi) is 4.77. The molecular weight excluding hydrogens is 350 g/mol. The molecule has 1 N–H and O–H groups in total. The van der Waals surface area contributed by atoms with Gasteiger partial charge in [0.1, 0.15) is 6.61 Å². The number of hydrogen-bond acceptors (Lipinski definition) is 6. The molecular formula is C22H23N5O. The van der Waals surface area contributed by atoms with E-state index in [2.05, 4.69) is 41.3 Å². The van der Waals surface area contributed by atoms with Gasteiger partial charge in [-0.1, -0.05) is 63.2 Å². The van der Waals surface area contributed by atoms with E-state index in [1.165, 1.54) is 0 Å². The lowest BCUT2D eigenvalue weighted by Crippen LogP contribution is -2.25. The van der Waals surface area contributed by atoms with Gasteiger partial charge in [-0.05, 0) is 17.5 Å². The molecule has 4 rings (SSSR count). The molecule has 3 aromatic rings. The van der Waals surface area contributed by atoms with Crippen LogP contribution in [0.1, 0.15) is 26.3 Å². The molecule has 1 atom stereocenters. The summed E-state index contributed by atoms with van der Waals surface area (Å²) >= 11 is 0. The molecule has 2 heterocycles. The van der Waals surface area contributed by atoms with Crippen LogP contribution in [-0.4, -0.2) is 33.7 Å². The summed E-state index contributed by atoms with van der Waals surface area (Å²) in [5, 5.41) is 11.5. The number of nitrogens with zero attached hydrogens (tertiary/aromatic N) is 4. The number of aromatic nitrogens is 3. The van der Waals surface area contributed by atoms with E-state index >= 15 is 0 Å². The molecule has 1 aliphatic rings. The van der Waals surface area contributed by atoms with Gasteiger partial charge < -0.3 is 10.1 Å². The van der Waals surface area contributed by atoms with E-state index in [1.54, 1.807) is 6.20 Å². The lowest BCUT2D eigenvalue weighted by molar-refractivity contribution is 0.236. The molecule has 1 aromatic heterocycles. The maximum absolute atomic E-state index is 5.90. The zero-order valence-corrected chi connectivity index (χ0v) is 16.3. The van der Waals surface area contributed by atoms with E-state index in [0.29, 0.717) is 18.5 Å². The fraction of sp³-hybridized carbons (Fsp3) is 0.273. The number of ether oxygens (including phenoxy) is 1. The molecule has 0 amide bonds. The Morgan fingerprint density at radius 2 is 1.75 bits per heavy atom. The van der Waals surface area contributed by atoms with Crippen LogP contribution in [0.5, 0.6) is 0 Å². The predicted molar refractivity (Wildman–Crippen MR) is 111 cm³/mol. The van der Waals surface area contributed by atoms with Crippen molar-refractivity contribution in [3.05, 3.63) is 66.4 Å². The van der Waals surface area contributed by atoms with Crippen molar-refractivity contribution in [3.8, 4) is 11.3 Å². The first-order valence-corrected chi connectivity index (χ1v) is 9.33. The molecule has 0 radical (unpaired) electrons. The number of nitrogens with one attached hydrogen (secondary N) is 1. The summed E-state index contributed by atoms with van der Waals surface area (Å²) in [5.41, 5.74) is 3.54. The van der Waals surface area contributed by atoms with Crippen molar-refractivity contribution in [2.45, 2.75) is 26.8 Å². The number of para-hydroxylation sites is 1. The van der Waals surface area contributed by atoms with Crippen molar-refractivity contribution < 1.29 is 4.74 Å². The minimum absolute atomic E-state index is 0.0567. The first-order valence-electron chi connectivity index (χ1n) is 9.33. The van der Waals surface area contributed by atoms with Gasteiger partial charge in [0.15, 0.2) is 0 Å². The van der Waals surface area contributed by atoms with E-state index in [0.717, 1.165) is 22.5 Å². The van der Waals surface area contributed by atoms with Gasteiger partial charge in [0.25, 0.3) is 0 Å². The highest BCUT2D eigenvalue weighted by atomic mass is 16.5. The first kappa shape index (κ1) is 18.1. The Balaban J connectivity index is 1.62. The highest BCUT2D eigenvalue weighted by Gasteiger charge is 2.31. The highest BCUT2D eigenvalue weighted by molar-refractivity contribution is 6.00. The number of rotatable bonds is 4. The summed E-state index contributed by atoms with van der Waals surface area (Å²) in [4.78, 5) is 9.39. The summed E-state index contributed by atoms with van der Waals surface area (Å²) in [6, 6.07) is 17.9. The van der Waals surface area contributed by atoms with E-state index in [-0.39, 0.29) is 11.5 Å². The Morgan fingerprint density at radius 3 is 2.50 bits per heavy atom. The number of hydrogen-bond donors (Lipinski definition) is 1. The molecule has 2 aromatic carbocycles. The standard InChI is InChI=1S/C22H23N5O/c1-22(2,3)19-14-28-20(26-19)16-11-7-8-12-17(16)24-21-25-18(13-23-27-21)15-9-5-4-6-10-15/h4-13,19H,14H2,1-3H3,(H,24,25,27)/t19-/m1/s1. The van der Waals surface area contributed by atoms with Crippen LogP contribution >= 0.6 is 0 Å². The third kappa shape index (κ3) is 3.86. The number of aliphatic imine (C=N–C) groups is 1. The topological polar surface area (TPSA) is 72.3 Å². The molecule has 0 saturated heterocycles. The van der Waals surface area contributed by atoms with Crippen molar-refractivity contribution in [2.75, 3.05) is 11.9 Å². The largest absolute Gasteiger partial charge is 0.475 e. The second-order valence-electron chi connectivity index (χ2n) is 7.83. The Bertz CT molecular complexity index is 995. The lowest BCUT2D eigenvalue weighted by Gasteiger charge is -2.21. The van der Waals surface area contributed by atoms with Gasteiger partial charge in [0.05, 0.1) is 29.2 Å². The quantitative estimate of drug-likeness (QED) is 0.730. The molecule has 28 heavy (non-hydrogen) atoms. The third-order valence-electron chi connectivity index (χ3n) is 4.68. The minimum atomic E-state index is 0.0567. The van der Waals surface area contributed by atoms with E-state index in [4.69, 9.17) is 9.73 Å². The van der Waals surface area contributed by atoms with Gasteiger partial charge in [0.2, 0.25) is 11.8 Å². The van der Waals surface area contributed by atoms with E-state index in [1.807, 2.05) is 54.6 Å². The van der Waals surface area contributed by atoms with Crippen molar-refractivity contribution in [1.82, 2.24) is 15.2 Å². The molecule has 1 aliphatic heterocycles. The number of benzene rings is 2. The van der Waals surface area contributed by atoms with Gasteiger partial charge in [-0.3, -0.25) is 0 Å². The Hall–Kier alpha value is -3.28. The molecule has 0 fully saturated rings. The second kappa shape index (κ2) is 7.38. The van der Waals surface area contributed by atoms with Gasteiger partial charge in [-0.15, -0.1) is 5.10 Å². The SMILES string of the molecule is CC(C)(C)[C@H]1COC(c2ccccc2Nc2nncc(-c3ccccc3)n2)=N1. The zero-order chi connectivity index (χ0) is 19.6. The molecule has 0 spiro atoms. The normalized spacial score (nSPS) is 16.4. The van der Waals surface area contributed by atoms with Crippen molar-refractivity contribution in [2.24, 2.45) is 10.4 Å². The molecule has 0 bridgehead atoms.